The number of amides is 1. The van der Waals surface area contributed by atoms with Crippen molar-refractivity contribution >= 4 is 16.8 Å². The standard InChI is InChI=1S/C19H19N5O2/c25-18-12-24(10-13-3-4-15-14(8-13)2-1-5-21-15)11-17(18)23-19(26)16-9-20-6-7-22-16/h1-9,17-18,25H,10-12H2,(H,23,26)/t17-,18-/m1/s1. The summed E-state index contributed by atoms with van der Waals surface area (Å²) in [6.07, 6.45) is 5.57. The van der Waals surface area contributed by atoms with Crippen LogP contribution in [0.4, 0.5) is 0 Å². The fourth-order valence-electron chi connectivity index (χ4n) is 3.28. The molecule has 2 aromatic heterocycles. The largest absolute Gasteiger partial charge is 0.390 e. The summed E-state index contributed by atoms with van der Waals surface area (Å²) in [6.45, 7) is 1.80. The normalized spacial score (nSPS) is 20.3. The van der Waals surface area contributed by atoms with E-state index < -0.39 is 6.10 Å². The van der Waals surface area contributed by atoms with Crippen LogP contribution in [0.2, 0.25) is 0 Å². The number of hydrogen-bond acceptors (Lipinski definition) is 6. The number of hydrogen-bond donors (Lipinski definition) is 2. The lowest BCUT2D eigenvalue weighted by Crippen LogP contribution is -2.43. The van der Waals surface area contributed by atoms with Gasteiger partial charge in [-0.15, -0.1) is 0 Å². The van der Waals surface area contributed by atoms with Crippen LogP contribution < -0.4 is 5.32 Å². The van der Waals surface area contributed by atoms with Crippen LogP contribution >= 0.6 is 0 Å². The summed E-state index contributed by atoms with van der Waals surface area (Å²) in [7, 11) is 0. The second-order valence-corrected chi connectivity index (χ2v) is 6.46. The Labute approximate surface area is 150 Å². The third-order valence-corrected chi connectivity index (χ3v) is 4.55. The van der Waals surface area contributed by atoms with Gasteiger partial charge in [0.2, 0.25) is 0 Å². The zero-order valence-electron chi connectivity index (χ0n) is 14.1. The molecule has 0 unspecified atom stereocenters. The minimum Gasteiger partial charge on any atom is -0.390 e. The van der Waals surface area contributed by atoms with Crippen molar-refractivity contribution in [3.63, 3.8) is 0 Å². The van der Waals surface area contributed by atoms with E-state index in [1.54, 1.807) is 6.20 Å². The fraction of sp³-hybridized carbons (Fsp3) is 0.263. The van der Waals surface area contributed by atoms with Crippen molar-refractivity contribution in [3.8, 4) is 0 Å². The molecule has 2 N–H and O–H groups in total. The van der Waals surface area contributed by atoms with Crippen LogP contribution in [0.1, 0.15) is 16.1 Å². The molecule has 0 spiro atoms. The maximum atomic E-state index is 12.2. The molecule has 3 heterocycles. The van der Waals surface area contributed by atoms with Crippen molar-refractivity contribution in [1.29, 1.82) is 0 Å². The van der Waals surface area contributed by atoms with Crippen LogP contribution in [-0.2, 0) is 6.54 Å². The number of rotatable bonds is 4. The van der Waals surface area contributed by atoms with Gasteiger partial charge < -0.3 is 10.4 Å². The highest BCUT2D eigenvalue weighted by Crippen LogP contribution is 2.18. The van der Waals surface area contributed by atoms with Gasteiger partial charge in [0.1, 0.15) is 5.69 Å². The third kappa shape index (κ3) is 3.54. The number of aromatic nitrogens is 3. The Bertz CT molecular complexity index is 918. The zero-order valence-corrected chi connectivity index (χ0v) is 14.1. The van der Waals surface area contributed by atoms with Gasteiger partial charge in [0, 0.05) is 43.6 Å². The molecule has 0 radical (unpaired) electrons. The van der Waals surface area contributed by atoms with Crippen molar-refractivity contribution in [2.45, 2.75) is 18.7 Å². The van der Waals surface area contributed by atoms with Crippen LogP contribution in [0.15, 0.2) is 55.1 Å². The van der Waals surface area contributed by atoms with E-state index in [9.17, 15) is 9.90 Å². The number of aliphatic hydroxyl groups is 1. The lowest BCUT2D eigenvalue weighted by Gasteiger charge is -2.16. The highest BCUT2D eigenvalue weighted by molar-refractivity contribution is 5.92. The molecule has 1 aliphatic heterocycles. The zero-order chi connectivity index (χ0) is 17.9. The molecule has 7 nitrogen and oxygen atoms in total. The average molecular weight is 349 g/mol. The first-order valence-electron chi connectivity index (χ1n) is 8.50. The quantitative estimate of drug-likeness (QED) is 0.730. The van der Waals surface area contributed by atoms with Crippen LogP contribution in [0.3, 0.4) is 0 Å². The Hall–Kier alpha value is -2.90. The molecule has 1 fully saturated rings. The maximum absolute atomic E-state index is 12.2. The van der Waals surface area contributed by atoms with Crippen molar-refractivity contribution < 1.29 is 9.90 Å². The summed E-state index contributed by atoms with van der Waals surface area (Å²) in [5.41, 5.74) is 2.37. The highest BCUT2D eigenvalue weighted by Gasteiger charge is 2.32. The van der Waals surface area contributed by atoms with Gasteiger partial charge >= 0.3 is 0 Å². The van der Waals surface area contributed by atoms with Gasteiger partial charge in [-0.25, -0.2) is 4.98 Å². The molecule has 2 atom stereocenters. The fourth-order valence-corrected chi connectivity index (χ4v) is 3.28. The molecule has 7 heteroatoms. The summed E-state index contributed by atoms with van der Waals surface area (Å²) in [6, 6.07) is 9.79. The number of carbonyl (C=O) groups is 1. The first kappa shape index (κ1) is 16.6. The number of pyridine rings is 1. The smallest absolute Gasteiger partial charge is 0.271 e. The number of aliphatic hydroxyl groups excluding tert-OH is 1. The number of fused-ring (bicyclic) bond motifs is 1. The number of β-amino-alcohol motifs (C(OH)–C–C–N with tert-alkyl or cyclic N) is 1. The molecule has 0 bridgehead atoms. The van der Waals surface area contributed by atoms with E-state index in [4.69, 9.17) is 0 Å². The Morgan fingerprint density at radius 2 is 2.12 bits per heavy atom. The van der Waals surface area contributed by atoms with Gasteiger partial charge in [0.05, 0.1) is 23.9 Å². The lowest BCUT2D eigenvalue weighted by molar-refractivity contribution is 0.0883. The molecule has 0 saturated carbocycles. The summed E-state index contributed by atoms with van der Waals surface area (Å²) in [4.78, 5) is 26.5. The highest BCUT2D eigenvalue weighted by atomic mass is 16.3. The number of carbonyl (C=O) groups excluding carboxylic acids is 1. The first-order chi connectivity index (χ1) is 12.7. The van der Waals surface area contributed by atoms with E-state index in [-0.39, 0.29) is 17.6 Å². The Morgan fingerprint density at radius 1 is 1.19 bits per heavy atom. The third-order valence-electron chi connectivity index (χ3n) is 4.55. The molecule has 4 rings (SSSR count). The Morgan fingerprint density at radius 3 is 2.96 bits per heavy atom. The van der Waals surface area contributed by atoms with E-state index in [0.29, 0.717) is 19.6 Å². The van der Waals surface area contributed by atoms with Gasteiger partial charge in [0.25, 0.3) is 5.91 Å². The molecular weight excluding hydrogens is 330 g/mol. The predicted octanol–water partition coefficient (Wildman–Crippen LogP) is 1.000. The number of nitrogens with one attached hydrogen (secondary N) is 1. The average Bonchev–Trinajstić information content (AvgIpc) is 3.01. The first-order valence-corrected chi connectivity index (χ1v) is 8.50. The van der Waals surface area contributed by atoms with Crippen LogP contribution in [0.25, 0.3) is 10.9 Å². The second kappa shape index (κ2) is 7.15. The molecule has 1 aromatic carbocycles. The molecule has 1 aliphatic rings. The molecular formula is C19H19N5O2. The monoisotopic (exact) mass is 349 g/mol. The Balaban J connectivity index is 1.40. The van der Waals surface area contributed by atoms with Crippen molar-refractivity contribution in [2.24, 2.45) is 0 Å². The minimum atomic E-state index is -0.613. The van der Waals surface area contributed by atoms with Gasteiger partial charge in [0.15, 0.2) is 0 Å². The molecule has 26 heavy (non-hydrogen) atoms. The van der Waals surface area contributed by atoms with Crippen LogP contribution in [-0.4, -0.2) is 56.1 Å². The molecule has 0 aliphatic carbocycles. The van der Waals surface area contributed by atoms with Crippen molar-refractivity contribution in [3.05, 3.63) is 66.4 Å². The van der Waals surface area contributed by atoms with E-state index in [2.05, 4.69) is 31.2 Å². The maximum Gasteiger partial charge on any atom is 0.271 e. The number of nitrogens with zero attached hydrogens (tertiary/aromatic N) is 4. The Kier molecular flexibility index (Phi) is 4.55. The van der Waals surface area contributed by atoms with E-state index >= 15 is 0 Å². The van der Waals surface area contributed by atoms with Crippen LogP contribution in [0, 0.1) is 0 Å². The second-order valence-electron chi connectivity index (χ2n) is 6.46. The lowest BCUT2D eigenvalue weighted by atomic mass is 10.1. The van der Waals surface area contributed by atoms with E-state index in [0.717, 1.165) is 16.5 Å². The van der Waals surface area contributed by atoms with Gasteiger partial charge in [-0.3, -0.25) is 19.7 Å². The number of likely N-dealkylation sites (tertiary alicyclic amines) is 1. The summed E-state index contributed by atoms with van der Waals surface area (Å²) in [5, 5.41) is 14.2. The number of benzene rings is 1. The topological polar surface area (TPSA) is 91.2 Å². The van der Waals surface area contributed by atoms with Gasteiger partial charge in [-0.1, -0.05) is 12.1 Å². The summed E-state index contributed by atoms with van der Waals surface area (Å²) >= 11 is 0. The molecule has 3 aromatic rings. The van der Waals surface area contributed by atoms with E-state index in [1.165, 1.54) is 18.6 Å². The van der Waals surface area contributed by atoms with Crippen LogP contribution in [0.5, 0.6) is 0 Å². The van der Waals surface area contributed by atoms with Crippen molar-refractivity contribution in [1.82, 2.24) is 25.2 Å². The summed E-state index contributed by atoms with van der Waals surface area (Å²) < 4.78 is 0. The van der Waals surface area contributed by atoms with E-state index in [1.807, 2.05) is 24.3 Å². The molecule has 132 valence electrons. The minimum absolute atomic E-state index is 0.250. The van der Waals surface area contributed by atoms with Crippen molar-refractivity contribution in [2.75, 3.05) is 13.1 Å². The SMILES string of the molecule is O=C(N[C@@H]1CN(Cc2ccc3ncccc3c2)C[C@H]1O)c1cnccn1. The predicted molar refractivity (Wildman–Crippen MR) is 96.3 cm³/mol. The molecule has 1 amide bonds. The summed E-state index contributed by atoms with van der Waals surface area (Å²) in [5.74, 6) is -0.319. The van der Waals surface area contributed by atoms with Gasteiger partial charge in [-0.05, 0) is 23.8 Å². The molecule has 1 saturated heterocycles. The van der Waals surface area contributed by atoms with Gasteiger partial charge in [-0.2, -0.15) is 0 Å².